The van der Waals surface area contributed by atoms with E-state index in [1.54, 1.807) is 53.8 Å². The van der Waals surface area contributed by atoms with Gasteiger partial charge in [0.05, 0.1) is 12.1 Å². The number of carbonyl (C=O) groups is 1. The number of amides is 1. The van der Waals surface area contributed by atoms with Gasteiger partial charge in [-0.05, 0) is 38.0 Å². The first-order valence-corrected chi connectivity index (χ1v) is 9.78. The summed E-state index contributed by atoms with van der Waals surface area (Å²) in [6.07, 6.45) is 5.92. The van der Waals surface area contributed by atoms with Gasteiger partial charge in [0, 0.05) is 41.9 Å². The molecule has 4 rings (SSSR count). The highest BCUT2D eigenvalue weighted by Crippen LogP contribution is 2.28. The van der Waals surface area contributed by atoms with E-state index in [1.165, 1.54) is 6.07 Å². The third-order valence-electron chi connectivity index (χ3n) is 5.18. The van der Waals surface area contributed by atoms with E-state index in [9.17, 15) is 9.18 Å². The number of nitrogens with two attached hydrogens (primary N) is 1. The lowest BCUT2D eigenvalue weighted by molar-refractivity contribution is 0.0370. The molecule has 0 aliphatic carbocycles. The number of hydrogen-bond donors (Lipinski definition) is 1. The van der Waals surface area contributed by atoms with Crippen molar-refractivity contribution in [3.63, 3.8) is 0 Å². The van der Waals surface area contributed by atoms with Crippen LogP contribution in [0.25, 0.3) is 11.4 Å². The molecule has 2 N–H and O–H groups in total. The van der Waals surface area contributed by atoms with E-state index in [0.717, 1.165) is 12.8 Å². The summed E-state index contributed by atoms with van der Waals surface area (Å²) in [7, 11) is 0. The van der Waals surface area contributed by atoms with Crippen molar-refractivity contribution in [2.75, 3.05) is 12.3 Å². The van der Waals surface area contributed by atoms with Crippen LogP contribution in [0, 0.1) is 5.82 Å². The number of hydrogen-bond acceptors (Lipinski definition) is 6. The molecular weight excluding hydrogens is 385 g/mol. The molecule has 2 atom stereocenters. The molecule has 3 heterocycles. The Bertz CT molecular complexity index is 1050. The SMILES string of the molecule is C[C@@H]1CC[C@@H](Oc2cc(N)ccn2)CN1C(=O)c1c(F)cccc1-c1ncccn1. The Labute approximate surface area is 173 Å². The molecule has 1 amide bonds. The molecule has 8 heteroatoms. The molecule has 30 heavy (non-hydrogen) atoms. The van der Waals surface area contributed by atoms with Crippen LogP contribution >= 0.6 is 0 Å². The normalized spacial score (nSPS) is 18.8. The first-order valence-electron chi connectivity index (χ1n) is 9.78. The van der Waals surface area contributed by atoms with Crippen LogP contribution in [0.5, 0.6) is 5.88 Å². The van der Waals surface area contributed by atoms with Gasteiger partial charge in [0.25, 0.3) is 5.91 Å². The number of halogens is 1. The molecule has 7 nitrogen and oxygen atoms in total. The van der Waals surface area contributed by atoms with Crippen LogP contribution in [0.2, 0.25) is 0 Å². The average molecular weight is 407 g/mol. The Balaban J connectivity index is 1.61. The third-order valence-corrected chi connectivity index (χ3v) is 5.18. The van der Waals surface area contributed by atoms with Crippen LogP contribution in [-0.4, -0.2) is 44.4 Å². The van der Waals surface area contributed by atoms with Crippen LogP contribution in [0.15, 0.2) is 55.0 Å². The van der Waals surface area contributed by atoms with Crippen molar-refractivity contribution in [3.8, 4) is 17.3 Å². The quantitative estimate of drug-likeness (QED) is 0.713. The maximum absolute atomic E-state index is 14.8. The van der Waals surface area contributed by atoms with Crippen molar-refractivity contribution >= 4 is 11.6 Å². The molecule has 2 aromatic heterocycles. The number of rotatable bonds is 4. The average Bonchev–Trinajstić information content (AvgIpc) is 2.75. The fraction of sp³-hybridized carbons (Fsp3) is 0.273. The van der Waals surface area contributed by atoms with Gasteiger partial charge in [-0.2, -0.15) is 0 Å². The smallest absolute Gasteiger partial charge is 0.257 e. The topological polar surface area (TPSA) is 94.2 Å². The van der Waals surface area contributed by atoms with Crippen molar-refractivity contribution in [2.45, 2.75) is 31.9 Å². The number of piperidine rings is 1. The van der Waals surface area contributed by atoms with Crippen LogP contribution in [0.1, 0.15) is 30.1 Å². The number of nitrogens with zero attached hydrogens (tertiary/aromatic N) is 4. The molecule has 1 fully saturated rings. The second-order valence-corrected chi connectivity index (χ2v) is 7.29. The number of anilines is 1. The van der Waals surface area contributed by atoms with Crippen LogP contribution in [0.4, 0.5) is 10.1 Å². The van der Waals surface area contributed by atoms with Crippen LogP contribution < -0.4 is 10.5 Å². The maximum atomic E-state index is 14.8. The molecule has 1 saturated heterocycles. The van der Waals surface area contributed by atoms with Crippen molar-refractivity contribution in [1.29, 1.82) is 0 Å². The highest BCUT2D eigenvalue weighted by Gasteiger charge is 2.33. The Morgan fingerprint density at radius 1 is 1.13 bits per heavy atom. The zero-order chi connectivity index (χ0) is 21.1. The molecule has 1 aliphatic heterocycles. The van der Waals surface area contributed by atoms with E-state index in [2.05, 4.69) is 15.0 Å². The molecule has 1 aromatic carbocycles. The van der Waals surface area contributed by atoms with E-state index < -0.39 is 11.7 Å². The summed E-state index contributed by atoms with van der Waals surface area (Å²) in [4.78, 5) is 27.6. The number of likely N-dealkylation sites (tertiary alicyclic amines) is 1. The standard InChI is InChI=1S/C22H22FN5O2/c1-14-6-7-16(30-19-12-15(24)8-11-25-19)13-28(14)22(29)20-17(4-2-5-18(20)23)21-26-9-3-10-27-21/h2-5,8-12,14,16H,6-7,13H2,1H3,(H2,24,25)/t14-,16-/m1/s1. The van der Waals surface area contributed by atoms with E-state index in [0.29, 0.717) is 29.5 Å². The fourth-order valence-corrected chi connectivity index (χ4v) is 3.62. The summed E-state index contributed by atoms with van der Waals surface area (Å²) in [6.45, 7) is 2.27. The predicted molar refractivity (Wildman–Crippen MR) is 110 cm³/mol. The Morgan fingerprint density at radius 2 is 1.93 bits per heavy atom. The van der Waals surface area contributed by atoms with Gasteiger partial charge in [0.15, 0.2) is 5.82 Å². The van der Waals surface area contributed by atoms with Gasteiger partial charge >= 0.3 is 0 Å². The molecule has 0 spiro atoms. The summed E-state index contributed by atoms with van der Waals surface area (Å²) >= 11 is 0. The molecule has 1 aliphatic rings. The minimum Gasteiger partial charge on any atom is -0.472 e. The number of carbonyl (C=O) groups excluding carboxylic acids is 1. The van der Waals surface area contributed by atoms with Gasteiger partial charge in [-0.3, -0.25) is 4.79 Å². The molecule has 3 aromatic rings. The monoisotopic (exact) mass is 407 g/mol. The van der Waals surface area contributed by atoms with E-state index >= 15 is 0 Å². The number of pyridine rings is 1. The van der Waals surface area contributed by atoms with Crippen molar-refractivity contribution in [1.82, 2.24) is 19.9 Å². The lowest BCUT2D eigenvalue weighted by atomic mass is 9.98. The summed E-state index contributed by atoms with van der Waals surface area (Å²) in [5, 5.41) is 0. The number of nitrogen functional groups attached to an aromatic ring is 1. The molecule has 0 radical (unpaired) electrons. The lowest BCUT2D eigenvalue weighted by Crippen LogP contribution is -2.49. The molecule has 0 unspecified atom stereocenters. The van der Waals surface area contributed by atoms with Gasteiger partial charge < -0.3 is 15.4 Å². The molecular formula is C22H22FN5O2. The highest BCUT2D eigenvalue weighted by molar-refractivity contribution is 6.00. The predicted octanol–water partition coefficient (Wildman–Crippen LogP) is 3.33. The summed E-state index contributed by atoms with van der Waals surface area (Å²) in [6, 6.07) is 9.42. The second-order valence-electron chi connectivity index (χ2n) is 7.29. The number of ether oxygens (including phenoxy) is 1. The Kier molecular flexibility index (Phi) is 5.56. The van der Waals surface area contributed by atoms with E-state index in [1.807, 2.05) is 6.92 Å². The minimum atomic E-state index is -0.599. The van der Waals surface area contributed by atoms with E-state index in [4.69, 9.17) is 10.5 Å². The largest absolute Gasteiger partial charge is 0.472 e. The highest BCUT2D eigenvalue weighted by atomic mass is 19.1. The minimum absolute atomic E-state index is 0.0294. The van der Waals surface area contributed by atoms with Crippen molar-refractivity contribution < 1.29 is 13.9 Å². The third kappa shape index (κ3) is 4.07. The van der Waals surface area contributed by atoms with Gasteiger partial charge in [-0.1, -0.05) is 12.1 Å². The van der Waals surface area contributed by atoms with Gasteiger partial charge in [-0.15, -0.1) is 0 Å². The zero-order valence-corrected chi connectivity index (χ0v) is 16.5. The van der Waals surface area contributed by atoms with Crippen molar-refractivity contribution in [2.24, 2.45) is 0 Å². The van der Waals surface area contributed by atoms with Crippen LogP contribution in [-0.2, 0) is 0 Å². The summed E-state index contributed by atoms with van der Waals surface area (Å²) in [5.41, 5.74) is 6.68. The second kappa shape index (κ2) is 8.44. The van der Waals surface area contributed by atoms with Crippen molar-refractivity contribution in [3.05, 3.63) is 66.4 Å². The summed E-state index contributed by atoms with van der Waals surface area (Å²) in [5.74, 6) is -0.289. The maximum Gasteiger partial charge on any atom is 0.257 e. The Morgan fingerprint density at radius 3 is 2.70 bits per heavy atom. The van der Waals surface area contributed by atoms with E-state index in [-0.39, 0.29) is 17.7 Å². The van der Waals surface area contributed by atoms with Gasteiger partial charge in [0.2, 0.25) is 5.88 Å². The first-order chi connectivity index (χ1) is 14.5. The van der Waals surface area contributed by atoms with Gasteiger partial charge in [0.1, 0.15) is 11.9 Å². The molecule has 154 valence electrons. The summed E-state index contributed by atoms with van der Waals surface area (Å²) < 4.78 is 20.7. The van der Waals surface area contributed by atoms with Crippen LogP contribution in [0.3, 0.4) is 0 Å². The lowest BCUT2D eigenvalue weighted by Gasteiger charge is -2.38. The number of aromatic nitrogens is 3. The molecule has 0 saturated carbocycles. The Hall–Kier alpha value is -3.55. The zero-order valence-electron chi connectivity index (χ0n) is 16.5. The van der Waals surface area contributed by atoms with Gasteiger partial charge in [-0.25, -0.2) is 19.3 Å². The number of benzene rings is 1. The first kappa shape index (κ1) is 19.8. The molecule has 0 bridgehead atoms. The fourth-order valence-electron chi connectivity index (χ4n) is 3.62.